The second-order valence-corrected chi connectivity index (χ2v) is 9.39. The first-order chi connectivity index (χ1) is 15.0. The van der Waals surface area contributed by atoms with E-state index in [-0.39, 0.29) is 29.9 Å². The van der Waals surface area contributed by atoms with Gasteiger partial charge in [0.2, 0.25) is 5.91 Å². The van der Waals surface area contributed by atoms with E-state index in [1.165, 1.54) is 6.07 Å². The molecule has 0 bridgehead atoms. The lowest BCUT2D eigenvalue weighted by Gasteiger charge is -2.36. The third-order valence-electron chi connectivity index (χ3n) is 7.44. The van der Waals surface area contributed by atoms with E-state index in [4.69, 9.17) is 4.74 Å². The van der Waals surface area contributed by atoms with Gasteiger partial charge in [0, 0.05) is 48.9 Å². The van der Waals surface area contributed by atoms with Crippen LogP contribution in [0.1, 0.15) is 43.2 Å². The summed E-state index contributed by atoms with van der Waals surface area (Å²) < 4.78 is 19.2. The number of aryl methyl sites for hydroxylation is 1. The van der Waals surface area contributed by atoms with Crippen molar-refractivity contribution in [1.82, 2.24) is 15.1 Å². The number of likely N-dealkylation sites (tertiary alicyclic amines) is 1. The predicted molar refractivity (Wildman–Crippen MR) is 114 cm³/mol. The molecule has 1 saturated carbocycles. The molecule has 1 aromatic rings. The van der Waals surface area contributed by atoms with Crippen molar-refractivity contribution in [3.05, 3.63) is 29.1 Å². The van der Waals surface area contributed by atoms with E-state index >= 15 is 0 Å². The van der Waals surface area contributed by atoms with Crippen molar-refractivity contribution in [2.75, 3.05) is 31.6 Å². The molecule has 3 aliphatic heterocycles. The summed E-state index contributed by atoms with van der Waals surface area (Å²) >= 11 is 0. The topological polar surface area (TPSA) is 73.9 Å². The molecule has 2 unspecified atom stereocenters. The zero-order chi connectivity index (χ0) is 21.5. The average Bonchev–Trinajstić information content (AvgIpc) is 3.50. The summed E-state index contributed by atoms with van der Waals surface area (Å²) in [4.78, 5) is 29.2. The van der Waals surface area contributed by atoms with E-state index in [1.807, 2.05) is 11.8 Å². The minimum atomic E-state index is -0.414. The van der Waals surface area contributed by atoms with Crippen molar-refractivity contribution in [3.8, 4) is 0 Å². The lowest BCUT2D eigenvalue weighted by atomic mass is 9.89. The highest BCUT2D eigenvalue weighted by molar-refractivity contribution is 5.88. The molecule has 5 rings (SSSR count). The average molecular weight is 431 g/mol. The summed E-state index contributed by atoms with van der Waals surface area (Å²) in [5.74, 6) is -0.286. The van der Waals surface area contributed by atoms with Crippen LogP contribution in [0.2, 0.25) is 0 Å². The molecule has 1 aromatic carbocycles. The van der Waals surface area contributed by atoms with Crippen molar-refractivity contribution >= 4 is 17.7 Å². The lowest BCUT2D eigenvalue weighted by Crippen LogP contribution is -2.49. The zero-order valence-electron chi connectivity index (χ0n) is 18.0. The van der Waals surface area contributed by atoms with Crippen molar-refractivity contribution in [2.24, 2.45) is 0 Å². The number of anilines is 1. The van der Waals surface area contributed by atoms with Crippen LogP contribution in [0.4, 0.5) is 14.9 Å². The Hall–Kier alpha value is -2.35. The molecule has 8 heteroatoms. The van der Waals surface area contributed by atoms with Crippen molar-refractivity contribution < 1.29 is 18.7 Å². The molecule has 31 heavy (non-hydrogen) atoms. The summed E-state index contributed by atoms with van der Waals surface area (Å²) in [6.45, 7) is 4.99. The van der Waals surface area contributed by atoms with Crippen LogP contribution in [0, 0.1) is 12.7 Å². The van der Waals surface area contributed by atoms with Crippen LogP contribution >= 0.6 is 0 Å². The van der Waals surface area contributed by atoms with Crippen molar-refractivity contribution in [3.63, 3.8) is 0 Å². The van der Waals surface area contributed by atoms with Gasteiger partial charge in [-0.2, -0.15) is 0 Å². The maximum Gasteiger partial charge on any atom is 0.410 e. The van der Waals surface area contributed by atoms with Gasteiger partial charge in [-0.1, -0.05) is 6.07 Å². The maximum absolute atomic E-state index is 14.1. The Morgan fingerprint density at radius 1 is 1.23 bits per heavy atom. The number of carbonyl (C=O) groups excluding carboxylic acids is 2. The van der Waals surface area contributed by atoms with Crippen LogP contribution in [0.25, 0.3) is 0 Å². The van der Waals surface area contributed by atoms with Crippen molar-refractivity contribution in [1.29, 1.82) is 0 Å². The fourth-order valence-corrected chi connectivity index (χ4v) is 5.75. The molecule has 1 aliphatic carbocycles. The molecular weight excluding hydrogens is 399 g/mol. The van der Waals surface area contributed by atoms with Crippen LogP contribution in [0.15, 0.2) is 12.1 Å². The minimum absolute atomic E-state index is 0.0419. The standard InChI is InChI=1S/C23H31FN4O3/c1-14-5-6-19(24)18-12-20(26-21(14)18)22(29)25-15-3-2-4-16(11-15)27-8-7-17(13-27)28-9-10-31-23(28)30/h5-6,15-17,20,26H,2-4,7-13H2,1H3,(H,25,29)/t15-,16+,17?,20?/m1/s1. The first-order valence-electron chi connectivity index (χ1n) is 11.5. The Morgan fingerprint density at radius 3 is 2.87 bits per heavy atom. The molecule has 168 valence electrons. The van der Waals surface area contributed by atoms with E-state index < -0.39 is 6.04 Å². The van der Waals surface area contributed by atoms with Gasteiger partial charge in [0.15, 0.2) is 0 Å². The molecular formula is C23H31FN4O3. The number of fused-ring (bicyclic) bond motifs is 1. The third-order valence-corrected chi connectivity index (χ3v) is 7.44. The number of amides is 2. The second kappa shape index (κ2) is 8.30. The second-order valence-electron chi connectivity index (χ2n) is 9.39. The van der Waals surface area contributed by atoms with Crippen LogP contribution in [0.3, 0.4) is 0 Å². The van der Waals surface area contributed by atoms with Crippen LogP contribution in [-0.2, 0) is 16.0 Å². The van der Waals surface area contributed by atoms with Gasteiger partial charge in [0.1, 0.15) is 18.5 Å². The normalized spacial score (nSPS) is 30.8. The number of ether oxygens (including phenoxy) is 1. The van der Waals surface area contributed by atoms with Gasteiger partial charge in [-0.3, -0.25) is 9.69 Å². The number of hydrogen-bond donors (Lipinski definition) is 2. The van der Waals surface area contributed by atoms with Crippen LogP contribution in [0.5, 0.6) is 0 Å². The Labute approximate surface area is 182 Å². The summed E-state index contributed by atoms with van der Waals surface area (Å²) in [7, 11) is 0. The van der Waals surface area contributed by atoms with Gasteiger partial charge >= 0.3 is 6.09 Å². The molecule has 4 atom stereocenters. The summed E-state index contributed by atoms with van der Waals surface area (Å²) in [6.07, 6.45) is 5.30. The number of hydrogen-bond acceptors (Lipinski definition) is 5. The molecule has 2 amide bonds. The lowest BCUT2D eigenvalue weighted by molar-refractivity contribution is -0.122. The largest absolute Gasteiger partial charge is 0.448 e. The molecule has 4 aliphatic rings. The first-order valence-corrected chi connectivity index (χ1v) is 11.5. The molecule has 0 aromatic heterocycles. The SMILES string of the molecule is Cc1ccc(F)c2c1NC(C(=O)N[C@@H]1CCC[C@H](N3CCC(N4CCOC4=O)C3)C1)C2. The molecule has 3 heterocycles. The monoisotopic (exact) mass is 430 g/mol. The summed E-state index contributed by atoms with van der Waals surface area (Å²) in [6, 6.07) is 3.62. The number of cyclic esters (lactones) is 1. The third kappa shape index (κ3) is 3.97. The smallest absolute Gasteiger partial charge is 0.410 e. The molecule has 0 spiro atoms. The Kier molecular flexibility index (Phi) is 5.50. The van der Waals surface area contributed by atoms with Gasteiger partial charge < -0.3 is 20.3 Å². The summed E-state index contributed by atoms with van der Waals surface area (Å²) in [5, 5.41) is 6.46. The Balaban J connectivity index is 1.15. The highest BCUT2D eigenvalue weighted by Crippen LogP contribution is 2.32. The van der Waals surface area contributed by atoms with Gasteiger partial charge in [-0.25, -0.2) is 9.18 Å². The van der Waals surface area contributed by atoms with Gasteiger partial charge in [-0.15, -0.1) is 0 Å². The fourth-order valence-electron chi connectivity index (χ4n) is 5.75. The Morgan fingerprint density at radius 2 is 2.10 bits per heavy atom. The van der Waals surface area contributed by atoms with Crippen LogP contribution < -0.4 is 10.6 Å². The number of nitrogens with zero attached hydrogens (tertiary/aromatic N) is 2. The van der Waals surface area contributed by atoms with E-state index in [0.717, 1.165) is 56.4 Å². The van der Waals surface area contributed by atoms with Crippen molar-refractivity contribution in [2.45, 2.75) is 69.6 Å². The van der Waals surface area contributed by atoms with E-state index in [1.54, 1.807) is 6.07 Å². The fraction of sp³-hybridized carbons (Fsp3) is 0.652. The Bertz CT molecular complexity index is 848. The van der Waals surface area contributed by atoms with Gasteiger partial charge in [0.25, 0.3) is 0 Å². The zero-order valence-corrected chi connectivity index (χ0v) is 18.0. The summed E-state index contributed by atoms with van der Waals surface area (Å²) in [5.41, 5.74) is 2.35. The quantitative estimate of drug-likeness (QED) is 0.768. The number of benzene rings is 1. The molecule has 3 fully saturated rings. The number of rotatable bonds is 4. The molecule has 0 radical (unpaired) electrons. The maximum atomic E-state index is 14.1. The van der Waals surface area contributed by atoms with Gasteiger partial charge in [0.05, 0.1) is 6.54 Å². The van der Waals surface area contributed by atoms with E-state index in [0.29, 0.717) is 31.2 Å². The van der Waals surface area contributed by atoms with Crippen LogP contribution in [-0.4, -0.2) is 72.2 Å². The van der Waals surface area contributed by atoms with E-state index in [2.05, 4.69) is 15.5 Å². The number of carbonyl (C=O) groups is 2. The highest BCUT2D eigenvalue weighted by atomic mass is 19.1. The predicted octanol–water partition coefficient (Wildman–Crippen LogP) is 2.42. The molecule has 2 N–H and O–H groups in total. The molecule has 7 nitrogen and oxygen atoms in total. The number of nitrogens with one attached hydrogen (secondary N) is 2. The highest BCUT2D eigenvalue weighted by Gasteiger charge is 2.38. The number of halogens is 1. The van der Waals surface area contributed by atoms with E-state index in [9.17, 15) is 14.0 Å². The minimum Gasteiger partial charge on any atom is -0.448 e. The van der Waals surface area contributed by atoms with Gasteiger partial charge in [-0.05, 0) is 50.7 Å². The first kappa shape index (κ1) is 20.5. The molecule has 2 saturated heterocycles.